The number of nitrogens with zero attached hydrogens (tertiary/aromatic N) is 2. The predicted octanol–water partition coefficient (Wildman–Crippen LogP) is 2.48. The molecule has 2 atom stereocenters. The lowest BCUT2D eigenvalue weighted by Crippen LogP contribution is -2.40. The lowest BCUT2D eigenvalue weighted by atomic mass is 10.2. The van der Waals surface area contributed by atoms with Gasteiger partial charge < -0.3 is 20.1 Å². The highest BCUT2D eigenvalue weighted by Gasteiger charge is 2.24. The number of likely N-dealkylation sites (tertiary alicyclic amines) is 1. The third-order valence-corrected chi connectivity index (χ3v) is 4.76. The molecule has 2 rings (SSSR count). The second kappa shape index (κ2) is 14.0. The topological polar surface area (TPSA) is 58.1 Å². The van der Waals surface area contributed by atoms with Crippen molar-refractivity contribution in [3.05, 3.63) is 0 Å². The standard InChI is InChI=1S/C19H38N4O2.HI/c1-4-20-19(21-9-6-11-25-18-8-12-24-15-18)22-13-17-7-5-10-23(17)14-16(2)3;/h16-18H,4-15H2,1-3H3,(H2,20,21,22);1H/t17-,18?;/m1./s1. The van der Waals surface area contributed by atoms with E-state index in [2.05, 4.69) is 36.3 Å². The maximum absolute atomic E-state index is 5.81. The highest BCUT2D eigenvalue weighted by atomic mass is 127. The fourth-order valence-electron chi connectivity index (χ4n) is 3.52. The number of nitrogens with one attached hydrogen (secondary N) is 2. The molecule has 0 aromatic heterocycles. The molecule has 2 aliphatic heterocycles. The van der Waals surface area contributed by atoms with E-state index in [1.54, 1.807) is 0 Å². The second-order valence-electron chi connectivity index (χ2n) is 7.54. The van der Waals surface area contributed by atoms with Crippen LogP contribution in [0.15, 0.2) is 4.99 Å². The monoisotopic (exact) mass is 482 g/mol. The molecule has 0 amide bonds. The molecule has 0 bridgehead atoms. The number of ether oxygens (including phenoxy) is 2. The van der Waals surface area contributed by atoms with Crippen LogP contribution in [0.25, 0.3) is 0 Å². The first-order valence-electron chi connectivity index (χ1n) is 10.1. The van der Waals surface area contributed by atoms with Gasteiger partial charge in [-0.1, -0.05) is 13.8 Å². The van der Waals surface area contributed by atoms with Crippen molar-refractivity contribution in [2.45, 2.75) is 58.6 Å². The van der Waals surface area contributed by atoms with Gasteiger partial charge in [-0.25, -0.2) is 0 Å². The smallest absolute Gasteiger partial charge is 0.191 e. The first-order chi connectivity index (χ1) is 12.2. The maximum atomic E-state index is 5.81. The average Bonchev–Trinajstić information content (AvgIpc) is 3.23. The van der Waals surface area contributed by atoms with Crippen molar-refractivity contribution in [3.8, 4) is 0 Å². The number of hydrogen-bond donors (Lipinski definition) is 2. The van der Waals surface area contributed by atoms with E-state index in [0.29, 0.717) is 12.1 Å². The van der Waals surface area contributed by atoms with E-state index in [1.165, 1.54) is 25.9 Å². The van der Waals surface area contributed by atoms with E-state index >= 15 is 0 Å². The van der Waals surface area contributed by atoms with Crippen molar-refractivity contribution in [2.75, 3.05) is 52.5 Å². The van der Waals surface area contributed by atoms with Crippen LogP contribution in [0.1, 0.15) is 46.5 Å². The molecule has 2 heterocycles. The van der Waals surface area contributed by atoms with Crippen molar-refractivity contribution >= 4 is 29.9 Å². The Bertz CT molecular complexity index is 390. The van der Waals surface area contributed by atoms with Gasteiger partial charge in [0.15, 0.2) is 5.96 Å². The molecule has 2 fully saturated rings. The molecule has 2 aliphatic rings. The van der Waals surface area contributed by atoms with Crippen molar-refractivity contribution in [1.82, 2.24) is 15.5 Å². The number of aliphatic imine (C=N–C) groups is 1. The Balaban J connectivity index is 0.00000338. The minimum absolute atomic E-state index is 0. The lowest BCUT2D eigenvalue weighted by molar-refractivity contribution is 0.0420. The van der Waals surface area contributed by atoms with Gasteiger partial charge in [-0.05, 0) is 45.1 Å². The third kappa shape index (κ3) is 9.19. The van der Waals surface area contributed by atoms with Crippen LogP contribution in [-0.2, 0) is 9.47 Å². The van der Waals surface area contributed by atoms with Gasteiger partial charge in [0.2, 0.25) is 0 Å². The maximum Gasteiger partial charge on any atom is 0.191 e. The summed E-state index contributed by atoms with van der Waals surface area (Å²) in [5, 5.41) is 6.79. The van der Waals surface area contributed by atoms with Crippen molar-refractivity contribution in [1.29, 1.82) is 0 Å². The first-order valence-corrected chi connectivity index (χ1v) is 10.1. The Labute approximate surface area is 176 Å². The molecule has 0 aliphatic carbocycles. The first kappa shape index (κ1) is 23.9. The molecule has 0 saturated carbocycles. The molecule has 0 spiro atoms. The van der Waals surface area contributed by atoms with E-state index in [-0.39, 0.29) is 24.0 Å². The molecule has 154 valence electrons. The van der Waals surface area contributed by atoms with E-state index in [9.17, 15) is 0 Å². The molecule has 6 nitrogen and oxygen atoms in total. The molecule has 2 N–H and O–H groups in total. The van der Waals surface area contributed by atoms with Crippen LogP contribution in [0, 0.1) is 5.92 Å². The van der Waals surface area contributed by atoms with Gasteiger partial charge in [-0.2, -0.15) is 0 Å². The summed E-state index contributed by atoms with van der Waals surface area (Å²) in [6.07, 6.45) is 4.90. The predicted molar refractivity (Wildman–Crippen MR) is 119 cm³/mol. The molecule has 0 aromatic rings. The Kier molecular flexibility index (Phi) is 12.8. The molecule has 7 heteroatoms. The fourth-order valence-corrected chi connectivity index (χ4v) is 3.52. The zero-order valence-electron chi connectivity index (χ0n) is 16.8. The van der Waals surface area contributed by atoms with Gasteiger partial charge in [0, 0.05) is 38.9 Å². The Hall–Kier alpha value is -0.120. The zero-order valence-corrected chi connectivity index (χ0v) is 19.2. The van der Waals surface area contributed by atoms with Crippen LogP contribution in [0.5, 0.6) is 0 Å². The van der Waals surface area contributed by atoms with E-state index in [0.717, 1.165) is 64.2 Å². The minimum Gasteiger partial charge on any atom is -0.379 e. The molecule has 0 radical (unpaired) electrons. The van der Waals surface area contributed by atoms with Gasteiger partial charge in [-0.3, -0.25) is 9.89 Å². The minimum atomic E-state index is 0. The lowest BCUT2D eigenvalue weighted by Gasteiger charge is -2.25. The number of halogens is 1. The van der Waals surface area contributed by atoms with Crippen molar-refractivity contribution < 1.29 is 9.47 Å². The summed E-state index contributed by atoms with van der Waals surface area (Å²) in [6.45, 7) is 14.2. The summed E-state index contributed by atoms with van der Waals surface area (Å²) < 4.78 is 11.1. The van der Waals surface area contributed by atoms with E-state index in [1.807, 2.05) is 0 Å². The Morgan fingerprint density at radius 2 is 2.15 bits per heavy atom. The van der Waals surface area contributed by atoms with Gasteiger partial charge in [0.05, 0.1) is 19.3 Å². The summed E-state index contributed by atoms with van der Waals surface area (Å²) >= 11 is 0. The van der Waals surface area contributed by atoms with E-state index < -0.39 is 0 Å². The van der Waals surface area contributed by atoms with Crippen molar-refractivity contribution in [3.63, 3.8) is 0 Å². The number of guanidine groups is 1. The molecule has 2 saturated heterocycles. The second-order valence-corrected chi connectivity index (χ2v) is 7.54. The molecule has 0 aromatic carbocycles. The summed E-state index contributed by atoms with van der Waals surface area (Å²) in [7, 11) is 0. The van der Waals surface area contributed by atoms with Gasteiger partial charge in [0.1, 0.15) is 0 Å². The summed E-state index contributed by atoms with van der Waals surface area (Å²) in [6, 6.07) is 0.601. The summed E-state index contributed by atoms with van der Waals surface area (Å²) in [5.74, 6) is 1.66. The largest absolute Gasteiger partial charge is 0.379 e. The van der Waals surface area contributed by atoms with E-state index in [4.69, 9.17) is 14.5 Å². The number of rotatable bonds is 10. The van der Waals surface area contributed by atoms with Crippen LogP contribution in [0.2, 0.25) is 0 Å². The highest BCUT2D eigenvalue weighted by Crippen LogP contribution is 2.18. The van der Waals surface area contributed by atoms with Gasteiger partial charge in [0.25, 0.3) is 0 Å². The van der Waals surface area contributed by atoms with Crippen LogP contribution < -0.4 is 10.6 Å². The summed E-state index contributed by atoms with van der Waals surface area (Å²) in [4.78, 5) is 7.43. The highest BCUT2D eigenvalue weighted by molar-refractivity contribution is 14.0. The normalized spacial score (nSPS) is 24.1. The van der Waals surface area contributed by atoms with Crippen LogP contribution >= 0.6 is 24.0 Å². The van der Waals surface area contributed by atoms with Crippen molar-refractivity contribution in [2.24, 2.45) is 10.9 Å². The molecule has 26 heavy (non-hydrogen) atoms. The van der Waals surface area contributed by atoms with Gasteiger partial charge in [-0.15, -0.1) is 24.0 Å². The molecular formula is C19H39IN4O2. The zero-order chi connectivity index (χ0) is 17.9. The Morgan fingerprint density at radius 3 is 2.85 bits per heavy atom. The third-order valence-electron chi connectivity index (χ3n) is 4.76. The quantitative estimate of drug-likeness (QED) is 0.217. The average molecular weight is 482 g/mol. The Morgan fingerprint density at radius 1 is 1.31 bits per heavy atom. The number of hydrogen-bond acceptors (Lipinski definition) is 4. The fraction of sp³-hybridized carbons (Fsp3) is 0.947. The molecular weight excluding hydrogens is 443 g/mol. The SMILES string of the molecule is CCNC(=NC[C@H]1CCCN1CC(C)C)NCCCOC1CCOC1.I. The van der Waals surface area contributed by atoms with Crippen LogP contribution in [0.4, 0.5) is 0 Å². The van der Waals surface area contributed by atoms with Crippen LogP contribution in [-0.4, -0.2) is 75.5 Å². The summed E-state index contributed by atoms with van der Waals surface area (Å²) in [5.41, 5.74) is 0. The van der Waals surface area contributed by atoms with Gasteiger partial charge >= 0.3 is 0 Å². The molecule has 1 unspecified atom stereocenters. The van der Waals surface area contributed by atoms with Crippen LogP contribution in [0.3, 0.4) is 0 Å².